The minimum atomic E-state index is -0.161. The average Bonchev–Trinajstić information content (AvgIpc) is 2.84. The highest BCUT2D eigenvalue weighted by molar-refractivity contribution is 5.91. The monoisotopic (exact) mass is 223 g/mol. The summed E-state index contributed by atoms with van der Waals surface area (Å²) in [6, 6.07) is 0. The number of piperidine rings is 1. The summed E-state index contributed by atoms with van der Waals surface area (Å²) in [5, 5.41) is 2.83. The predicted octanol–water partition coefficient (Wildman–Crippen LogP) is 0.890. The van der Waals surface area contributed by atoms with E-state index in [0.29, 0.717) is 12.2 Å². The molecule has 16 heavy (non-hydrogen) atoms. The maximum atomic E-state index is 11.5. The van der Waals surface area contributed by atoms with Gasteiger partial charge in [-0.3, -0.25) is 4.79 Å². The normalized spacial score (nSPS) is 17.2. The number of aromatic nitrogens is 1. The highest BCUT2D eigenvalue weighted by Gasteiger charge is 2.11. The van der Waals surface area contributed by atoms with Gasteiger partial charge in [0.25, 0.3) is 5.91 Å². The molecule has 5 nitrogen and oxygen atoms in total. The van der Waals surface area contributed by atoms with Crippen LogP contribution in [-0.2, 0) is 0 Å². The number of likely N-dealkylation sites (tertiary alicyclic amines) is 1. The number of rotatable bonds is 4. The van der Waals surface area contributed by atoms with E-state index in [1.165, 1.54) is 31.9 Å². The van der Waals surface area contributed by atoms with Crippen molar-refractivity contribution < 1.29 is 9.21 Å². The molecule has 0 saturated carbocycles. The molecular weight excluding hydrogens is 206 g/mol. The van der Waals surface area contributed by atoms with Crippen molar-refractivity contribution in [3.63, 3.8) is 0 Å². The fourth-order valence-electron chi connectivity index (χ4n) is 1.93. The van der Waals surface area contributed by atoms with Gasteiger partial charge in [-0.2, -0.15) is 0 Å². The molecule has 2 heterocycles. The van der Waals surface area contributed by atoms with Gasteiger partial charge in [0.2, 0.25) is 0 Å². The smallest absolute Gasteiger partial charge is 0.273 e. The molecule has 0 aliphatic carbocycles. The fraction of sp³-hybridized carbons (Fsp3) is 0.636. The number of hydrogen-bond acceptors (Lipinski definition) is 4. The zero-order valence-corrected chi connectivity index (χ0v) is 9.32. The molecule has 5 heteroatoms. The van der Waals surface area contributed by atoms with Crippen molar-refractivity contribution in [2.24, 2.45) is 0 Å². The van der Waals surface area contributed by atoms with E-state index < -0.39 is 0 Å². The van der Waals surface area contributed by atoms with Crippen LogP contribution >= 0.6 is 0 Å². The predicted molar refractivity (Wildman–Crippen MR) is 59.1 cm³/mol. The quantitative estimate of drug-likeness (QED) is 0.823. The number of carbonyl (C=O) groups excluding carboxylic acids is 1. The van der Waals surface area contributed by atoms with Gasteiger partial charge in [-0.25, -0.2) is 4.98 Å². The van der Waals surface area contributed by atoms with Crippen molar-refractivity contribution in [3.8, 4) is 0 Å². The number of amides is 1. The Balaban J connectivity index is 1.66. The van der Waals surface area contributed by atoms with Gasteiger partial charge in [-0.15, -0.1) is 0 Å². The lowest BCUT2D eigenvalue weighted by Crippen LogP contribution is -2.37. The lowest BCUT2D eigenvalue weighted by atomic mass is 10.1. The van der Waals surface area contributed by atoms with Crippen molar-refractivity contribution >= 4 is 5.91 Å². The Morgan fingerprint density at radius 2 is 2.25 bits per heavy atom. The molecule has 1 aromatic heterocycles. The van der Waals surface area contributed by atoms with Gasteiger partial charge in [0, 0.05) is 13.1 Å². The maximum absolute atomic E-state index is 11.5. The first-order valence-electron chi connectivity index (χ1n) is 5.75. The van der Waals surface area contributed by atoms with Gasteiger partial charge in [0.1, 0.15) is 6.26 Å². The zero-order chi connectivity index (χ0) is 11.2. The van der Waals surface area contributed by atoms with Crippen molar-refractivity contribution in [3.05, 3.63) is 18.4 Å². The van der Waals surface area contributed by atoms with Crippen LogP contribution in [0.25, 0.3) is 0 Å². The Hall–Kier alpha value is -1.36. The summed E-state index contributed by atoms with van der Waals surface area (Å²) in [5.74, 6) is -0.161. The molecule has 0 unspecified atom stereocenters. The molecule has 0 atom stereocenters. The number of nitrogens with zero attached hydrogens (tertiary/aromatic N) is 2. The van der Waals surface area contributed by atoms with Crippen LogP contribution in [0.15, 0.2) is 17.1 Å². The lowest BCUT2D eigenvalue weighted by Gasteiger charge is -2.26. The summed E-state index contributed by atoms with van der Waals surface area (Å²) < 4.78 is 4.75. The highest BCUT2D eigenvalue weighted by Crippen LogP contribution is 2.07. The van der Waals surface area contributed by atoms with E-state index in [1.807, 2.05) is 0 Å². The van der Waals surface area contributed by atoms with E-state index >= 15 is 0 Å². The van der Waals surface area contributed by atoms with Crippen LogP contribution in [-0.4, -0.2) is 42.0 Å². The van der Waals surface area contributed by atoms with Crippen LogP contribution in [0.3, 0.4) is 0 Å². The third-order valence-electron chi connectivity index (χ3n) is 2.83. The Morgan fingerprint density at radius 1 is 1.44 bits per heavy atom. The van der Waals surface area contributed by atoms with Gasteiger partial charge in [-0.1, -0.05) is 6.42 Å². The summed E-state index contributed by atoms with van der Waals surface area (Å²) in [6.45, 7) is 3.90. The van der Waals surface area contributed by atoms with Crippen LogP contribution in [0, 0.1) is 0 Å². The molecule has 1 aliphatic rings. The Bertz CT molecular complexity index is 318. The first-order valence-corrected chi connectivity index (χ1v) is 5.75. The van der Waals surface area contributed by atoms with Gasteiger partial charge in [0.15, 0.2) is 12.1 Å². The third-order valence-corrected chi connectivity index (χ3v) is 2.83. The van der Waals surface area contributed by atoms with Gasteiger partial charge >= 0.3 is 0 Å². The molecule has 0 bridgehead atoms. The lowest BCUT2D eigenvalue weighted by molar-refractivity contribution is 0.0941. The highest BCUT2D eigenvalue weighted by atomic mass is 16.3. The van der Waals surface area contributed by atoms with Gasteiger partial charge < -0.3 is 14.6 Å². The first kappa shape index (κ1) is 11.1. The molecule has 1 aromatic rings. The molecule has 0 radical (unpaired) electrons. The van der Waals surface area contributed by atoms with E-state index in [2.05, 4.69) is 15.2 Å². The number of carbonyl (C=O) groups is 1. The number of hydrogen-bond donors (Lipinski definition) is 1. The topological polar surface area (TPSA) is 58.4 Å². The van der Waals surface area contributed by atoms with E-state index in [4.69, 9.17) is 4.42 Å². The minimum absolute atomic E-state index is 0.161. The summed E-state index contributed by atoms with van der Waals surface area (Å²) in [6.07, 6.45) is 6.51. The van der Waals surface area contributed by atoms with Crippen LogP contribution in [0.1, 0.15) is 29.8 Å². The number of oxazole rings is 1. The van der Waals surface area contributed by atoms with E-state index in [1.54, 1.807) is 0 Å². The molecule has 88 valence electrons. The molecule has 1 fully saturated rings. The Kier molecular flexibility index (Phi) is 3.93. The van der Waals surface area contributed by atoms with Crippen molar-refractivity contribution in [2.75, 3.05) is 26.2 Å². The molecule has 1 N–H and O–H groups in total. The molecule has 1 aliphatic heterocycles. The zero-order valence-electron chi connectivity index (χ0n) is 9.32. The summed E-state index contributed by atoms with van der Waals surface area (Å²) in [4.78, 5) is 17.7. The molecule has 0 spiro atoms. The second kappa shape index (κ2) is 5.65. The van der Waals surface area contributed by atoms with Gasteiger partial charge in [-0.05, 0) is 25.9 Å². The Labute approximate surface area is 94.8 Å². The number of nitrogens with one attached hydrogen (secondary N) is 1. The van der Waals surface area contributed by atoms with Gasteiger partial charge in [0.05, 0.1) is 0 Å². The van der Waals surface area contributed by atoms with Crippen LogP contribution in [0.2, 0.25) is 0 Å². The van der Waals surface area contributed by atoms with E-state index in [0.717, 1.165) is 19.6 Å². The van der Waals surface area contributed by atoms with Crippen molar-refractivity contribution in [1.29, 1.82) is 0 Å². The molecule has 1 amide bonds. The van der Waals surface area contributed by atoms with Crippen LogP contribution in [0.5, 0.6) is 0 Å². The molecular formula is C11H17N3O2. The molecule has 0 aromatic carbocycles. The maximum Gasteiger partial charge on any atom is 0.273 e. The largest absolute Gasteiger partial charge is 0.451 e. The molecule has 2 rings (SSSR count). The fourth-order valence-corrected chi connectivity index (χ4v) is 1.93. The van der Waals surface area contributed by atoms with Crippen LogP contribution < -0.4 is 5.32 Å². The second-order valence-corrected chi connectivity index (χ2v) is 4.03. The summed E-state index contributed by atoms with van der Waals surface area (Å²) in [7, 11) is 0. The minimum Gasteiger partial charge on any atom is -0.451 e. The standard InChI is InChI=1S/C11H17N3O2/c15-11(10-8-16-9-13-10)12-4-7-14-5-2-1-3-6-14/h8-9H,1-7H2,(H,12,15). The van der Waals surface area contributed by atoms with Crippen molar-refractivity contribution in [1.82, 2.24) is 15.2 Å². The van der Waals surface area contributed by atoms with Crippen molar-refractivity contribution in [2.45, 2.75) is 19.3 Å². The first-order chi connectivity index (χ1) is 7.86. The van der Waals surface area contributed by atoms with E-state index in [-0.39, 0.29) is 5.91 Å². The Morgan fingerprint density at radius 3 is 2.94 bits per heavy atom. The second-order valence-electron chi connectivity index (χ2n) is 4.03. The van der Waals surface area contributed by atoms with Crippen LogP contribution in [0.4, 0.5) is 0 Å². The average molecular weight is 223 g/mol. The summed E-state index contributed by atoms with van der Waals surface area (Å²) >= 11 is 0. The van der Waals surface area contributed by atoms with E-state index in [9.17, 15) is 4.79 Å². The summed E-state index contributed by atoms with van der Waals surface area (Å²) in [5.41, 5.74) is 0.346. The molecule has 1 saturated heterocycles. The third kappa shape index (κ3) is 3.06. The SMILES string of the molecule is O=C(NCCN1CCCCC1)c1cocn1.